The Hall–Kier alpha value is -4.09. The Kier molecular flexibility index (Phi) is 10.5. The van der Waals surface area contributed by atoms with Crippen LogP contribution in [0, 0.1) is 0 Å². The summed E-state index contributed by atoms with van der Waals surface area (Å²) in [4.78, 5) is 8.86. The van der Waals surface area contributed by atoms with Gasteiger partial charge in [0.05, 0.1) is 22.4 Å². The normalized spacial score (nSPS) is 9.73. The van der Waals surface area contributed by atoms with E-state index in [1.54, 1.807) is 24.3 Å². The number of nitrogens with zero attached hydrogens (tertiary/aromatic N) is 2. The van der Waals surface area contributed by atoms with Gasteiger partial charge in [0.25, 0.3) is 0 Å². The predicted molar refractivity (Wildman–Crippen MR) is 135 cm³/mol. The maximum absolute atomic E-state index is 11.7. The fourth-order valence-electron chi connectivity index (χ4n) is 3.78. The summed E-state index contributed by atoms with van der Waals surface area (Å²) in [5.74, 6) is -0.0550. The van der Waals surface area contributed by atoms with Crippen LogP contribution in [0.25, 0.3) is 44.3 Å². The molecule has 0 spiro atoms. The third-order valence-corrected chi connectivity index (χ3v) is 5.51. The van der Waals surface area contributed by atoms with Crippen LogP contribution in [0.2, 0.25) is 0 Å². The van der Waals surface area contributed by atoms with Crippen LogP contribution in [0.3, 0.4) is 0 Å². The number of aromatic nitrogens is 2. The quantitative estimate of drug-likeness (QED) is 0.248. The fraction of sp³-hybridized carbons (Fsp3) is 0. The van der Waals surface area contributed by atoms with E-state index in [9.17, 15) is 10.2 Å². The van der Waals surface area contributed by atoms with Gasteiger partial charge in [0.15, 0.2) is 0 Å². The van der Waals surface area contributed by atoms with E-state index in [4.69, 9.17) is 0 Å². The van der Waals surface area contributed by atoms with Crippen LogP contribution in [-0.2, 0) is 32.0 Å². The summed E-state index contributed by atoms with van der Waals surface area (Å²) < 4.78 is 0. The molecule has 186 valence electrons. The van der Waals surface area contributed by atoms with Crippen molar-refractivity contribution in [2.24, 2.45) is 0 Å². The van der Waals surface area contributed by atoms with E-state index in [1.807, 2.05) is 97.1 Å². The van der Waals surface area contributed by atoms with Crippen LogP contribution in [0.15, 0.2) is 121 Å². The Bertz CT molecular complexity index is 1460. The molecule has 0 atom stereocenters. The number of pyridine rings is 2. The molecular weight excluding hydrogens is 548 g/mol. The molecule has 7 heteroatoms. The van der Waals surface area contributed by atoms with E-state index < -0.39 is 0 Å². The Morgan fingerprint density at radius 3 is 1.16 bits per heavy atom. The Balaban J connectivity index is 0.000000241. The van der Waals surface area contributed by atoms with E-state index in [0.717, 1.165) is 33.3 Å². The zero-order valence-electron chi connectivity index (χ0n) is 19.5. The van der Waals surface area contributed by atoms with Gasteiger partial charge in [-0.15, -0.1) is 0 Å². The summed E-state index contributed by atoms with van der Waals surface area (Å²) in [6.45, 7) is 0. The van der Waals surface area contributed by atoms with Crippen molar-refractivity contribution < 1.29 is 42.2 Å². The molecular formula is C30H20MoN2O4-6. The van der Waals surface area contributed by atoms with Crippen LogP contribution in [0.5, 0.6) is 11.5 Å². The van der Waals surface area contributed by atoms with Crippen molar-refractivity contribution in [3.8, 4) is 34.0 Å². The number of hydrogen-bond donors (Lipinski definition) is 0. The van der Waals surface area contributed by atoms with Crippen molar-refractivity contribution in [1.29, 1.82) is 0 Å². The third-order valence-electron chi connectivity index (χ3n) is 5.51. The molecule has 0 amide bonds. The van der Waals surface area contributed by atoms with Crippen molar-refractivity contribution in [3.63, 3.8) is 0 Å². The molecule has 0 radical (unpaired) electrons. The van der Waals surface area contributed by atoms with Gasteiger partial charge < -0.3 is 21.2 Å². The second-order valence-electron chi connectivity index (χ2n) is 7.78. The van der Waals surface area contributed by atoms with Crippen LogP contribution >= 0.6 is 0 Å². The number of benzene rings is 4. The van der Waals surface area contributed by atoms with Crippen molar-refractivity contribution in [2.75, 3.05) is 0 Å². The van der Waals surface area contributed by atoms with E-state index >= 15 is 0 Å². The van der Waals surface area contributed by atoms with Crippen LogP contribution in [-0.4, -0.2) is 9.97 Å². The largest absolute Gasteiger partial charge is 2.00 e. The van der Waals surface area contributed by atoms with Gasteiger partial charge in [-0.25, -0.2) is 9.97 Å². The minimum Gasteiger partial charge on any atom is -2.00 e. The van der Waals surface area contributed by atoms with Gasteiger partial charge in [0.2, 0.25) is 0 Å². The van der Waals surface area contributed by atoms with E-state index in [-0.39, 0.29) is 43.5 Å². The molecule has 6 aromatic rings. The molecule has 37 heavy (non-hydrogen) atoms. The molecule has 0 saturated heterocycles. The van der Waals surface area contributed by atoms with Gasteiger partial charge in [0, 0.05) is 32.2 Å². The van der Waals surface area contributed by atoms with Crippen LogP contribution in [0.1, 0.15) is 0 Å². The Morgan fingerprint density at radius 1 is 0.405 bits per heavy atom. The number of fused-ring (bicyclic) bond motifs is 2. The number of para-hydroxylation sites is 2. The summed E-state index contributed by atoms with van der Waals surface area (Å²) in [5, 5.41) is 25.2. The minimum absolute atomic E-state index is 0. The molecule has 2 aromatic heterocycles. The zero-order chi connectivity index (χ0) is 23.3. The number of rotatable bonds is 2. The zero-order valence-corrected chi connectivity index (χ0v) is 21.5. The first-order chi connectivity index (χ1) is 16.7. The molecule has 0 fully saturated rings. The minimum atomic E-state index is -0.0275. The Labute approximate surface area is 228 Å². The molecule has 0 aliphatic rings. The second-order valence-corrected chi connectivity index (χ2v) is 7.78. The molecule has 0 N–H and O–H groups in total. The molecule has 0 bridgehead atoms. The van der Waals surface area contributed by atoms with Crippen molar-refractivity contribution in [3.05, 3.63) is 121 Å². The second kappa shape index (κ2) is 13.3. The molecule has 0 aliphatic carbocycles. The number of hydrogen-bond acceptors (Lipinski definition) is 4. The van der Waals surface area contributed by atoms with Crippen molar-refractivity contribution in [2.45, 2.75) is 0 Å². The topological polar surface area (TPSA) is 129 Å². The predicted octanol–water partition coefficient (Wildman–Crippen LogP) is 5.71. The third kappa shape index (κ3) is 6.57. The maximum atomic E-state index is 11.7. The summed E-state index contributed by atoms with van der Waals surface area (Å²) in [6, 6.07) is 37.9. The summed E-state index contributed by atoms with van der Waals surface area (Å²) in [5.41, 5.74) is 4.79. The van der Waals surface area contributed by atoms with Crippen molar-refractivity contribution in [1.82, 2.24) is 9.97 Å². The first-order valence-electron chi connectivity index (χ1n) is 10.9. The molecule has 4 aromatic carbocycles. The molecule has 6 rings (SSSR count). The first kappa shape index (κ1) is 29.1. The molecule has 0 aliphatic heterocycles. The van der Waals surface area contributed by atoms with Gasteiger partial charge in [-0.1, -0.05) is 121 Å². The van der Waals surface area contributed by atoms with Gasteiger partial charge in [-0.2, -0.15) is 0 Å². The average molecular weight is 568 g/mol. The van der Waals surface area contributed by atoms with E-state index in [0.29, 0.717) is 11.0 Å². The van der Waals surface area contributed by atoms with Gasteiger partial charge >= 0.3 is 0 Å². The van der Waals surface area contributed by atoms with Gasteiger partial charge in [-0.3, -0.25) is 0 Å². The standard InChI is InChI=1S/2C15H11NO.Mo.2O/c2*17-14-8-4-7-12-9-10-13(16-15(12)14)11-5-2-1-3-6-11;;;/h2*1-10,17H;;;/q;;;2*-2/p-2. The van der Waals surface area contributed by atoms with Crippen LogP contribution < -0.4 is 10.2 Å². The van der Waals surface area contributed by atoms with Crippen LogP contribution in [0.4, 0.5) is 0 Å². The summed E-state index contributed by atoms with van der Waals surface area (Å²) in [7, 11) is 0. The monoisotopic (exact) mass is 570 g/mol. The van der Waals surface area contributed by atoms with Gasteiger partial charge in [-0.05, 0) is 22.9 Å². The van der Waals surface area contributed by atoms with Gasteiger partial charge in [0.1, 0.15) is 0 Å². The Morgan fingerprint density at radius 2 is 0.784 bits per heavy atom. The summed E-state index contributed by atoms with van der Waals surface area (Å²) in [6.07, 6.45) is 0. The van der Waals surface area contributed by atoms with E-state index in [1.165, 1.54) is 0 Å². The first-order valence-corrected chi connectivity index (χ1v) is 10.9. The summed E-state index contributed by atoms with van der Waals surface area (Å²) >= 11 is 0. The van der Waals surface area contributed by atoms with Crippen molar-refractivity contribution >= 4 is 21.8 Å². The van der Waals surface area contributed by atoms with E-state index in [2.05, 4.69) is 9.97 Å². The molecule has 0 saturated carbocycles. The fourth-order valence-corrected chi connectivity index (χ4v) is 3.78. The molecule has 2 heterocycles. The maximum Gasteiger partial charge on any atom is 0.0709 e. The molecule has 6 nitrogen and oxygen atoms in total. The average Bonchev–Trinajstić information content (AvgIpc) is 2.90. The SMILES string of the molecule is [Mo].[O-2].[O-2].[O-]c1cccc2ccc(-c3ccccc3)nc12.[O-]c1cccc2ccc(-c3ccccc3)nc12. The molecule has 0 unspecified atom stereocenters. The smallest absolute Gasteiger partial charge is 0.0709 e.